The lowest BCUT2D eigenvalue weighted by atomic mass is 9.85. The first-order valence-corrected chi connectivity index (χ1v) is 8.11. The smallest absolute Gasteiger partial charge is 0.335 e. The summed E-state index contributed by atoms with van der Waals surface area (Å²) < 4.78 is 1.78. The van der Waals surface area contributed by atoms with Gasteiger partial charge < -0.3 is 10.4 Å². The second-order valence-electron chi connectivity index (χ2n) is 6.17. The number of hydrogen-bond donors (Lipinski definition) is 2. The molecule has 25 heavy (non-hydrogen) atoms. The number of nitrogens with zero attached hydrogens (tertiary/aromatic N) is 3. The SMILES string of the molecule is O=C(O)c1ccc(-c2nnc3ccc(NC(=O)C4CCC4)cn23)cc1. The predicted molar refractivity (Wildman–Crippen MR) is 91.4 cm³/mol. The van der Waals surface area contributed by atoms with Gasteiger partial charge in [-0.05, 0) is 37.1 Å². The first-order chi connectivity index (χ1) is 12.1. The van der Waals surface area contributed by atoms with Gasteiger partial charge in [0, 0.05) is 17.7 Å². The average molecular weight is 336 g/mol. The van der Waals surface area contributed by atoms with Crippen molar-refractivity contribution in [3.8, 4) is 11.4 Å². The van der Waals surface area contributed by atoms with E-state index < -0.39 is 5.97 Å². The highest BCUT2D eigenvalue weighted by molar-refractivity contribution is 5.93. The van der Waals surface area contributed by atoms with Crippen LogP contribution in [0.15, 0.2) is 42.6 Å². The summed E-state index contributed by atoms with van der Waals surface area (Å²) in [6, 6.07) is 10.0. The van der Waals surface area contributed by atoms with Crippen molar-refractivity contribution >= 4 is 23.2 Å². The number of hydrogen-bond acceptors (Lipinski definition) is 4. The van der Waals surface area contributed by atoms with Crippen LogP contribution >= 0.6 is 0 Å². The highest BCUT2D eigenvalue weighted by atomic mass is 16.4. The van der Waals surface area contributed by atoms with Crippen LogP contribution in [0.1, 0.15) is 29.6 Å². The zero-order valence-corrected chi connectivity index (χ0v) is 13.3. The molecule has 0 atom stereocenters. The first-order valence-electron chi connectivity index (χ1n) is 8.11. The van der Waals surface area contributed by atoms with Crippen molar-refractivity contribution in [1.29, 1.82) is 0 Å². The summed E-state index contributed by atoms with van der Waals surface area (Å²) in [5, 5.41) is 20.2. The molecule has 0 spiro atoms. The Balaban J connectivity index is 1.66. The van der Waals surface area contributed by atoms with Crippen LogP contribution in [0.5, 0.6) is 0 Å². The third-order valence-electron chi connectivity index (χ3n) is 4.54. The Kier molecular flexibility index (Phi) is 3.68. The number of aromatic carboxylic acids is 1. The Hall–Kier alpha value is -3.22. The van der Waals surface area contributed by atoms with E-state index in [0.717, 1.165) is 24.8 Å². The van der Waals surface area contributed by atoms with Gasteiger partial charge in [0.2, 0.25) is 5.91 Å². The van der Waals surface area contributed by atoms with E-state index in [1.807, 2.05) is 0 Å². The van der Waals surface area contributed by atoms with Crippen LogP contribution in [0.2, 0.25) is 0 Å². The summed E-state index contributed by atoms with van der Waals surface area (Å²) in [6.07, 6.45) is 4.79. The number of carboxylic acids is 1. The largest absolute Gasteiger partial charge is 0.478 e. The summed E-state index contributed by atoms with van der Waals surface area (Å²) in [5.41, 5.74) is 2.30. The maximum atomic E-state index is 12.1. The van der Waals surface area contributed by atoms with Gasteiger partial charge in [-0.1, -0.05) is 18.6 Å². The van der Waals surface area contributed by atoms with Crippen LogP contribution < -0.4 is 5.32 Å². The number of amides is 1. The summed E-state index contributed by atoms with van der Waals surface area (Å²) in [5.74, 6) is -0.226. The number of pyridine rings is 1. The maximum absolute atomic E-state index is 12.1. The van der Waals surface area contributed by atoms with E-state index in [9.17, 15) is 9.59 Å². The molecule has 0 bridgehead atoms. The van der Waals surface area contributed by atoms with E-state index in [1.54, 1.807) is 34.9 Å². The van der Waals surface area contributed by atoms with E-state index in [0.29, 0.717) is 17.2 Å². The Morgan fingerprint density at radius 2 is 1.84 bits per heavy atom. The molecule has 7 nitrogen and oxygen atoms in total. The van der Waals surface area contributed by atoms with Crippen molar-refractivity contribution < 1.29 is 14.7 Å². The second kappa shape index (κ2) is 6.01. The molecular formula is C18H16N4O3. The van der Waals surface area contributed by atoms with Crippen LogP contribution in [-0.2, 0) is 4.79 Å². The van der Waals surface area contributed by atoms with Crippen LogP contribution in [0.25, 0.3) is 17.0 Å². The molecule has 126 valence electrons. The molecule has 0 aliphatic heterocycles. The van der Waals surface area contributed by atoms with Crippen molar-refractivity contribution in [3.05, 3.63) is 48.2 Å². The summed E-state index contributed by atoms with van der Waals surface area (Å²) in [7, 11) is 0. The number of carbonyl (C=O) groups is 2. The van der Waals surface area contributed by atoms with Gasteiger partial charge in [0.25, 0.3) is 0 Å². The van der Waals surface area contributed by atoms with Gasteiger partial charge in [-0.3, -0.25) is 9.20 Å². The minimum Gasteiger partial charge on any atom is -0.478 e. The molecule has 1 aromatic carbocycles. The summed E-state index contributed by atoms with van der Waals surface area (Å²) in [6.45, 7) is 0. The lowest BCUT2D eigenvalue weighted by Crippen LogP contribution is -2.28. The molecule has 2 N–H and O–H groups in total. The zero-order valence-electron chi connectivity index (χ0n) is 13.3. The first kappa shape index (κ1) is 15.3. The molecule has 2 heterocycles. The predicted octanol–water partition coefficient (Wildman–Crippen LogP) is 2.83. The van der Waals surface area contributed by atoms with Crippen molar-refractivity contribution in [2.75, 3.05) is 5.32 Å². The van der Waals surface area contributed by atoms with Crippen LogP contribution in [0, 0.1) is 5.92 Å². The number of anilines is 1. The van der Waals surface area contributed by atoms with Crippen LogP contribution in [0.3, 0.4) is 0 Å². The molecule has 1 aliphatic rings. The van der Waals surface area contributed by atoms with Gasteiger partial charge in [-0.2, -0.15) is 0 Å². The molecule has 0 unspecified atom stereocenters. The Labute approximate surface area is 143 Å². The van der Waals surface area contributed by atoms with Gasteiger partial charge in [-0.25, -0.2) is 4.79 Å². The van der Waals surface area contributed by atoms with Gasteiger partial charge in [0.05, 0.1) is 11.3 Å². The molecule has 0 radical (unpaired) electrons. The molecule has 7 heteroatoms. The minimum absolute atomic E-state index is 0.0473. The van der Waals surface area contributed by atoms with E-state index in [2.05, 4.69) is 15.5 Å². The van der Waals surface area contributed by atoms with E-state index in [1.165, 1.54) is 12.1 Å². The van der Waals surface area contributed by atoms with Gasteiger partial charge in [0.15, 0.2) is 11.5 Å². The Morgan fingerprint density at radius 1 is 1.08 bits per heavy atom. The molecule has 1 amide bonds. The van der Waals surface area contributed by atoms with Gasteiger partial charge in [0.1, 0.15) is 0 Å². The fourth-order valence-corrected chi connectivity index (χ4v) is 2.84. The molecule has 4 rings (SSSR count). The topological polar surface area (TPSA) is 96.6 Å². The molecule has 2 aromatic heterocycles. The molecule has 1 aliphatic carbocycles. The van der Waals surface area contributed by atoms with Crippen LogP contribution in [0.4, 0.5) is 5.69 Å². The number of benzene rings is 1. The van der Waals surface area contributed by atoms with Crippen LogP contribution in [-0.4, -0.2) is 31.6 Å². The van der Waals surface area contributed by atoms with Crippen molar-refractivity contribution in [1.82, 2.24) is 14.6 Å². The fourth-order valence-electron chi connectivity index (χ4n) is 2.84. The van der Waals surface area contributed by atoms with E-state index in [-0.39, 0.29) is 17.4 Å². The highest BCUT2D eigenvalue weighted by Crippen LogP contribution is 2.28. The fraction of sp³-hybridized carbons (Fsp3) is 0.222. The molecular weight excluding hydrogens is 320 g/mol. The van der Waals surface area contributed by atoms with Gasteiger partial charge >= 0.3 is 5.97 Å². The van der Waals surface area contributed by atoms with Crippen molar-refractivity contribution in [2.24, 2.45) is 5.92 Å². The van der Waals surface area contributed by atoms with Crippen molar-refractivity contribution in [2.45, 2.75) is 19.3 Å². The number of carboxylic acid groups (broad SMARTS) is 1. The zero-order chi connectivity index (χ0) is 17.4. The summed E-state index contributed by atoms with van der Waals surface area (Å²) in [4.78, 5) is 23.1. The molecule has 0 saturated heterocycles. The number of aromatic nitrogens is 3. The van der Waals surface area contributed by atoms with E-state index >= 15 is 0 Å². The molecule has 1 fully saturated rings. The number of nitrogens with one attached hydrogen (secondary N) is 1. The highest BCUT2D eigenvalue weighted by Gasteiger charge is 2.25. The Bertz CT molecular complexity index is 958. The average Bonchev–Trinajstić information content (AvgIpc) is 2.96. The number of carbonyl (C=O) groups excluding carboxylic acids is 1. The van der Waals surface area contributed by atoms with Gasteiger partial charge in [-0.15, -0.1) is 10.2 Å². The van der Waals surface area contributed by atoms with Crippen molar-refractivity contribution in [3.63, 3.8) is 0 Å². The molecule has 1 saturated carbocycles. The monoisotopic (exact) mass is 336 g/mol. The third kappa shape index (κ3) is 2.84. The summed E-state index contributed by atoms with van der Waals surface area (Å²) >= 11 is 0. The number of fused-ring (bicyclic) bond motifs is 1. The van der Waals surface area contributed by atoms with E-state index in [4.69, 9.17) is 5.11 Å². The standard InChI is InChI=1S/C18H16N4O3/c23-17(12-2-1-3-12)19-14-8-9-15-20-21-16(22(15)10-14)11-4-6-13(7-5-11)18(24)25/h4-10,12H,1-3H2,(H,19,23)(H,24,25). The lowest BCUT2D eigenvalue weighted by molar-refractivity contribution is -0.122. The lowest BCUT2D eigenvalue weighted by Gasteiger charge is -2.24. The normalized spacial score (nSPS) is 14.2. The Morgan fingerprint density at radius 3 is 2.48 bits per heavy atom. The third-order valence-corrected chi connectivity index (χ3v) is 4.54. The maximum Gasteiger partial charge on any atom is 0.335 e. The quantitative estimate of drug-likeness (QED) is 0.763. The molecule has 3 aromatic rings. The second-order valence-corrected chi connectivity index (χ2v) is 6.17. The number of rotatable bonds is 4. The minimum atomic E-state index is -0.973.